The van der Waals surface area contributed by atoms with Gasteiger partial charge in [0, 0.05) is 37.7 Å². The maximum Gasteiger partial charge on any atom is 0.0978 e. The van der Waals surface area contributed by atoms with E-state index in [4.69, 9.17) is 11.6 Å². The molecule has 2 rings (SSSR count). The Morgan fingerprint density at radius 1 is 1.20 bits per heavy atom. The molecule has 4 heteroatoms. The number of hydrogen-bond donors (Lipinski definition) is 0. The summed E-state index contributed by atoms with van der Waals surface area (Å²) in [5, 5.41) is 10.0. The van der Waals surface area contributed by atoms with Gasteiger partial charge in [0.1, 0.15) is 0 Å². The molecule has 1 saturated heterocycles. The van der Waals surface area contributed by atoms with E-state index >= 15 is 0 Å². The highest BCUT2D eigenvalue weighted by Crippen LogP contribution is 2.15. The predicted molar refractivity (Wildman–Crippen MR) is 82.6 cm³/mol. The maximum absolute atomic E-state index is 9.22. The molecule has 1 aromatic carbocycles. The van der Waals surface area contributed by atoms with Crippen LogP contribution in [0.25, 0.3) is 0 Å². The van der Waals surface area contributed by atoms with E-state index in [9.17, 15) is 5.26 Å². The Bertz CT molecular complexity index is 444. The van der Waals surface area contributed by atoms with E-state index in [0.717, 1.165) is 50.6 Å². The van der Waals surface area contributed by atoms with E-state index in [1.54, 1.807) is 0 Å². The molecular weight excluding hydrogens is 270 g/mol. The molecular formula is C16H22ClN3. The minimum absolute atomic E-state index is 0.0951. The standard InChI is InChI=1S/C16H22ClN3/c1-2-3-16(12-18)20-10-8-19(9-11-20)13-14-4-6-15(17)7-5-14/h4-7,16H,2-3,8-11,13H2,1H3. The molecule has 108 valence electrons. The molecule has 1 aliphatic heterocycles. The molecule has 0 saturated carbocycles. The van der Waals surface area contributed by atoms with Crippen molar-refractivity contribution in [3.63, 3.8) is 0 Å². The molecule has 0 aliphatic carbocycles. The zero-order valence-corrected chi connectivity index (χ0v) is 12.8. The number of benzene rings is 1. The van der Waals surface area contributed by atoms with Gasteiger partial charge in [0.2, 0.25) is 0 Å². The quantitative estimate of drug-likeness (QED) is 0.835. The molecule has 0 aromatic heterocycles. The second kappa shape index (κ2) is 7.64. The Morgan fingerprint density at radius 2 is 1.85 bits per heavy atom. The first-order valence-electron chi connectivity index (χ1n) is 7.33. The minimum atomic E-state index is 0.0951. The van der Waals surface area contributed by atoms with Crippen LogP contribution in [0.15, 0.2) is 24.3 Å². The van der Waals surface area contributed by atoms with Crippen LogP contribution in [-0.2, 0) is 6.54 Å². The largest absolute Gasteiger partial charge is 0.297 e. The summed E-state index contributed by atoms with van der Waals surface area (Å²) in [5.74, 6) is 0. The van der Waals surface area contributed by atoms with Gasteiger partial charge in [0.25, 0.3) is 0 Å². The summed E-state index contributed by atoms with van der Waals surface area (Å²) in [7, 11) is 0. The molecule has 0 N–H and O–H groups in total. The summed E-state index contributed by atoms with van der Waals surface area (Å²) in [5.41, 5.74) is 1.30. The van der Waals surface area contributed by atoms with Gasteiger partial charge in [0.05, 0.1) is 12.1 Å². The van der Waals surface area contributed by atoms with Crippen molar-refractivity contribution in [1.82, 2.24) is 9.80 Å². The molecule has 1 unspecified atom stereocenters. The summed E-state index contributed by atoms with van der Waals surface area (Å²) < 4.78 is 0. The number of hydrogen-bond acceptors (Lipinski definition) is 3. The van der Waals surface area contributed by atoms with Crippen LogP contribution in [-0.4, -0.2) is 42.0 Å². The summed E-state index contributed by atoms with van der Waals surface area (Å²) in [4.78, 5) is 4.77. The van der Waals surface area contributed by atoms with Gasteiger partial charge in [-0.15, -0.1) is 0 Å². The van der Waals surface area contributed by atoms with Gasteiger partial charge in [-0.2, -0.15) is 5.26 Å². The highest BCUT2D eigenvalue weighted by Gasteiger charge is 2.22. The first kappa shape index (κ1) is 15.3. The Balaban J connectivity index is 1.82. The van der Waals surface area contributed by atoms with Crippen molar-refractivity contribution in [3.8, 4) is 6.07 Å². The molecule has 1 aliphatic rings. The molecule has 1 fully saturated rings. The first-order valence-corrected chi connectivity index (χ1v) is 7.71. The third kappa shape index (κ3) is 4.21. The highest BCUT2D eigenvalue weighted by molar-refractivity contribution is 6.30. The Kier molecular flexibility index (Phi) is 5.85. The summed E-state index contributed by atoms with van der Waals surface area (Å²) in [6.45, 7) is 7.16. The van der Waals surface area contributed by atoms with Gasteiger partial charge in [0.15, 0.2) is 0 Å². The normalized spacial score (nSPS) is 18.6. The van der Waals surface area contributed by atoms with Crippen LogP contribution < -0.4 is 0 Å². The first-order chi connectivity index (χ1) is 9.72. The van der Waals surface area contributed by atoms with Gasteiger partial charge in [-0.3, -0.25) is 9.80 Å². The molecule has 0 spiro atoms. The lowest BCUT2D eigenvalue weighted by Crippen LogP contribution is -2.49. The number of nitriles is 1. The second-order valence-corrected chi connectivity index (χ2v) is 5.81. The average molecular weight is 292 g/mol. The molecule has 3 nitrogen and oxygen atoms in total. The lowest BCUT2D eigenvalue weighted by atomic mass is 10.1. The van der Waals surface area contributed by atoms with Crippen LogP contribution in [0.2, 0.25) is 5.02 Å². The highest BCUT2D eigenvalue weighted by atomic mass is 35.5. The second-order valence-electron chi connectivity index (χ2n) is 5.37. The Hall–Kier alpha value is -1.08. The van der Waals surface area contributed by atoms with Crippen LogP contribution in [0.5, 0.6) is 0 Å². The molecule has 0 bridgehead atoms. The summed E-state index contributed by atoms with van der Waals surface area (Å²) >= 11 is 5.90. The van der Waals surface area contributed by atoms with Crippen LogP contribution in [0.4, 0.5) is 0 Å². The van der Waals surface area contributed by atoms with Gasteiger partial charge < -0.3 is 0 Å². The van der Waals surface area contributed by atoms with E-state index in [1.165, 1.54) is 5.56 Å². The third-order valence-corrected chi connectivity index (χ3v) is 4.13. The Labute approximate surface area is 126 Å². The summed E-state index contributed by atoms with van der Waals surface area (Å²) in [6.07, 6.45) is 2.05. The maximum atomic E-state index is 9.22. The van der Waals surface area contributed by atoms with Crippen LogP contribution in [0.3, 0.4) is 0 Å². The van der Waals surface area contributed by atoms with Crippen molar-refractivity contribution in [3.05, 3.63) is 34.9 Å². The monoisotopic (exact) mass is 291 g/mol. The molecule has 1 heterocycles. The molecule has 1 atom stereocenters. The fourth-order valence-corrected chi connectivity index (χ4v) is 2.81. The topological polar surface area (TPSA) is 30.3 Å². The zero-order valence-electron chi connectivity index (χ0n) is 12.1. The van der Waals surface area contributed by atoms with Gasteiger partial charge in [-0.1, -0.05) is 37.1 Å². The van der Waals surface area contributed by atoms with Crippen molar-refractivity contribution in [2.45, 2.75) is 32.4 Å². The lowest BCUT2D eigenvalue weighted by molar-refractivity contribution is 0.106. The van der Waals surface area contributed by atoms with Crippen molar-refractivity contribution in [1.29, 1.82) is 5.26 Å². The van der Waals surface area contributed by atoms with Gasteiger partial charge >= 0.3 is 0 Å². The Morgan fingerprint density at radius 3 is 2.40 bits per heavy atom. The van der Waals surface area contributed by atoms with Crippen LogP contribution in [0.1, 0.15) is 25.3 Å². The van der Waals surface area contributed by atoms with E-state index in [1.807, 2.05) is 12.1 Å². The van der Waals surface area contributed by atoms with E-state index in [2.05, 4.69) is 34.9 Å². The van der Waals surface area contributed by atoms with E-state index in [0.29, 0.717) is 0 Å². The molecule has 1 aromatic rings. The average Bonchev–Trinajstić information content (AvgIpc) is 2.48. The number of halogens is 1. The SMILES string of the molecule is CCCC(C#N)N1CCN(Cc2ccc(Cl)cc2)CC1. The molecule has 0 amide bonds. The number of nitrogens with zero attached hydrogens (tertiary/aromatic N) is 3. The van der Waals surface area contributed by atoms with Crippen molar-refractivity contribution in [2.24, 2.45) is 0 Å². The smallest absolute Gasteiger partial charge is 0.0978 e. The number of rotatable bonds is 5. The fraction of sp³-hybridized carbons (Fsp3) is 0.562. The lowest BCUT2D eigenvalue weighted by Gasteiger charge is -2.36. The van der Waals surface area contributed by atoms with Gasteiger partial charge in [-0.25, -0.2) is 0 Å². The van der Waals surface area contributed by atoms with Crippen LogP contribution in [0, 0.1) is 11.3 Å². The van der Waals surface area contributed by atoms with Crippen LogP contribution >= 0.6 is 11.6 Å². The van der Waals surface area contributed by atoms with Crippen molar-refractivity contribution >= 4 is 11.6 Å². The van der Waals surface area contributed by atoms with E-state index in [-0.39, 0.29) is 6.04 Å². The van der Waals surface area contributed by atoms with E-state index < -0.39 is 0 Å². The molecule has 0 radical (unpaired) electrons. The zero-order chi connectivity index (χ0) is 14.4. The summed E-state index contributed by atoms with van der Waals surface area (Å²) in [6, 6.07) is 10.6. The van der Waals surface area contributed by atoms with Crippen molar-refractivity contribution < 1.29 is 0 Å². The third-order valence-electron chi connectivity index (χ3n) is 3.88. The van der Waals surface area contributed by atoms with Crippen molar-refractivity contribution in [2.75, 3.05) is 26.2 Å². The fourth-order valence-electron chi connectivity index (χ4n) is 2.68. The molecule has 20 heavy (non-hydrogen) atoms. The predicted octanol–water partition coefficient (Wildman–Crippen LogP) is 3.15. The number of piperazine rings is 1. The van der Waals surface area contributed by atoms with Gasteiger partial charge in [-0.05, 0) is 24.1 Å². The minimum Gasteiger partial charge on any atom is -0.297 e.